The summed E-state index contributed by atoms with van der Waals surface area (Å²) in [5, 5.41) is 15.7. The Labute approximate surface area is 205 Å². The van der Waals surface area contributed by atoms with Crippen LogP contribution in [0.25, 0.3) is 11.1 Å². The number of nitrogens with one attached hydrogen (secondary N) is 2. The molecule has 1 aliphatic carbocycles. The minimum Gasteiger partial charge on any atom is -0.465 e. The van der Waals surface area contributed by atoms with Gasteiger partial charge in [0.2, 0.25) is 5.91 Å². The van der Waals surface area contributed by atoms with Crippen LogP contribution in [0.4, 0.5) is 11.5 Å². The van der Waals surface area contributed by atoms with Crippen LogP contribution < -0.4 is 10.6 Å². The van der Waals surface area contributed by atoms with Gasteiger partial charge < -0.3 is 15.4 Å². The maximum Gasteiger partial charge on any atom is 0.338 e. The Kier molecular flexibility index (Phi) is 6.57. The third kappa shape index (κ3) is 4.87. The SMILES string of the molecule is COC(=O)c1cc(C)ccc1-c1ccc(C(C)Nc2nccc(C)c2NC(=O)C2(C#N)CC2)cc1. The molecule has 1 atom stereocenters. The Morgan fingerprint density at radius 1 is 1.11 bits per heavy atom. The molecule has 0 bridgehead atoms. The van der Waals surface area contributed by atoms with E-state index in [0.717, 1.165) is 27.8 Å². The Hall–Kier alpha value is -4.18. The molecular formula is C28H28N4O3. The van der Waals surface area contributed by atoms with Gasteiger partial charge in [-0.25, -0.2) is 9.78 Å². The summed E-state index contributed by atoms with van der Waals surface area (Å²) in [6, 6.07) is 17.5. The third-order valence-electron chi connectivity index (χ3n) is 6.45. The molecule has 2 aromatic carbocycles. The third-order valence-corrected chi connectivity index (χ3v) is 6.45. The quantitative estimate of drug-likeness (QED) is 0.440. The van der Waals surface area contributed by atoms with E-state index >= 15 is 0 Å². The number of hydrogen-bond donors (Lipinski definition) is 2. The van der Waals surface area contributed by atoms with Crippen LogP contribution >= 0.6 is 0 Å². The van der Waals surface area contributed by atoms with Crippen molar-refractivity contribution in [1.82, 2.24) is 4.98 Å². The van der Waals surface area contributed by atoms with E-state index in [9.17, 15) is 14.9 Å². The predicted octanol–water partition coefficient (Wildman–Crippen LogP) is 5.57. The first-order chi connectivity index (χ1) is 16.8. The number of nitrogens with zero attached hydrogens (tertiary/aromatic N) is 2. The zero-order valence-electron chi connectivity index (χ0n) is 20.3. The molecular weight excluding hydrogens is 440 g/mol. The number of anilines is 2. The number of carbonyl (C=O) groups excluding carboxylic acids is 2. The lowest BCUT2D eigenvalue weighted by atomic mass is 9.96. The minimum absolute atomic E-state index is 0.113. The molecule has 0 aliphatic heterocycles. The molecule has 7 heteroatoms. The van der Waals surface area contributed by atoms with Crippen molar-refractivity contribution >= 4 is 23.4 Å². The Morgan fingerprint density at radius 3 is 2.46 bits per heavy atom. The van der Waals surface area contributed by atoms with E-state index in [0.29, 0.717) is 29.9 Å². The van der Waals surface area contributed by atoms with E-state index in [4.69, 9.17) is 4.74 Å². The Morgan fingerprint density at radius 2 is 1.83 bits per heavy atom. The molecule has 1 saturated carbocycles. The van der Waals surface area contributed by atoms with Crippen LogP contribution in [0.15, 0.2) is 54.7 Å². The van der Waals surface area contributed by atoms with Crippen LogP contribution in [0.1, 0.15) is 52.9 Å². The summed E-state index contributed by atoms with van der Waals surface area (Å²) in [5.41, 5.74) is 4.78. The topological polar surface area (TPSA) is 104 Å². The van der Waals surface area contributed by atoms with Gasteiger partial charge in [0.1, 0.15) is 5.41 Å². The largest absolute Gasteiger partial charge is 0.465 e. The molecule has 0 spiro atoms. The molecule has 2 N–H and O–H groups in total. The van der Waals surface area contributed by atoms with Crippen LogP contribution in [-0.4, -0.2) is 24.0 Å². The van der Waals surface area contributed by atoms with Crippen LogP contribution in [0, 0.1) is 30.6 Å². The van der Waals surface area contributed by atoms with Crippen molar-refractivity contribution in [3.05, 3.63) is 77.0 Å². The number of methoxy groups -OCH3 is 1. The second-order valence-corrected chi connectivity index (χ2v) is 9.03. The first kappa shape index (κ1) is 24.0. The molecule has 1 aliphatic rings. The number of aryl methyl sites for hydroxylation is 2. The van der Waals surface area contributed by atoms with Crippen molar-refractivity contribution in [3.8, 4) is 17.2 Å². The number of rotatable bonds is 7. The highest BCUT2D eigenvalue weighted by Gasteiger charge is 2.50. The van der Waals surface area contributed by atoms with Crippen molar-refractivity contribution in [2.75, 3.05) is 17.7 Å². The normalized spacial score (nSPS) is 14.4. The highest BCUT2D eigenvalue weighted by molar-refractivity contribution is 6.01. The number of aromatic nitrogens is 1. The van der Waals surface area contributed by atoms with E-state index in [-0.39, 0.29) is 17.9 Å². The Balaban J connectivity index is 1.55. The molecule has 7 nitrogen and oxygen atoms in total. The number of ether oxygens (including phenoxy) is 1. The molecule has 1 heterocycles. The fraction of sp³-hybridized carbons (Fsp3) is 0.286. The summed E-state index contributed by atoms with van der Waals surface area (Å²) >= 11 is 0. The number of pyridine rings is 1. The van der Waals surface area contributed by atoms with E-state index in [1.807, 2.05) is 69.3 Å². The number of nitriles is 1. The standard InChI is InChI=1S/C28H28N4O3/c1-17-5-10-22(23(15-17)26(33)35-4)21-8-6-20(7-9-21)19(3)31-25-24(18(2)11-14-30-25)32-27(34)28(16-29)12-13-28/h5-11,14-15,19H,12-13H2,1-4H3,(H,30,31)(H,32,34). The van der Waals surface area contributed by atoms with Crippen LogP contribution in [0.2, 0.25) is 0 Å². The molecule has 1 aromatic heterocycles. The summed E-state index contributed by atoms with van der Waals surface area (Å²) in [5.74, 6) is -0.0990. The highest BCUT2D eigenvalue weighted by Crippen LogP contribution is 2.46. The average molecular weight is 469 g/mol. The lowest BCUT2D eigenvalue weighted by Gasteiger charge is -2.20. The van der Waals surface area contributed by atoms with Crippen molar-refractivity contribution in [3.63, 3.8) is 0 Å². The molecule has 1 amide bonds. The van der Waals surface area contributed by atoms with Gasteiger partial charge in [0.25, 0.3) is 0 Å². The lowest BCUT2D eigenvalue weighted by molar-refractivity contribution is -0.119. The zero-order valence-corrected chi connectivity index (χ0v) is 20.3. The number of esters is 1. The number of amides is 1. The molecule has 0 saturated heterocycles. The van der Waals surface area contributed by atoms with Crippen LogP contribution in [0.3, 0.4) is 0 Å². The Bertz CT molecular complexity index is 1320. The summed E-state index contributed by atoms with van der Waals surface area (Å²) in [7, 11) is 1.38. The second kappa shape index (κ2) is 9.59. The van der Waals surface area contributed by atoms with Crippen LogP contribution in [0.5, 0.6) is 0 Å². The summed E-state index contributed by atoms with van der Waals surface area (Å²) in [6.45, 7) is 5.84. The second-order valence-electron chi connectivity index (χ2n) is 9.03. The molecule has 178 valence electrons. The van der Waals surface area contributed by atoms with Gasteiger partial charge in [0.15, 0.2) is 5.82 Å². The first-order valence-corrected chi connectivity index (χ1v) is 11.5. The van der Waals surface area contributed by atoms with Crippen molar-refractivity contribution in [1.29, 1.82) is 5.26 Å². The monoisotopic (exact) mass is 468 g/mol. The summed E-state index contributed by atoms with van der Waals surface area (Å²) in [4.78, 5) is 29.4. The van der Waals surface area contributed by atoms with Crippen molar-refractivity contribution in [2.45, 2.75) is 39.7 Å². The van der Waals surface area contributed by atoms with E-state index < -0.39 is 5.41 Å². The predicted molar refractivity (Wildman–Crippen MR) is 135 cm³/mol. The molecule has 4 rings (SSSR count). The van der Waals surface area contributed by atoms with Crippen molar-refractivity contribution < 1.29 is 14.3 Å². The van der Waals surface area contributed by atoms with Crippen molar-refractivity contribution in [2.24, 2.45) is 5.41 Å². The maximum atomic E-state index is 12.7. The summed E-state index contributed by atoms with van der Waals surface area (Å²) in [6.07, 6.45) is 2.85. The van der Waals surface area contributed by atoms with E-state index in [2.05, 4.69) is 21.7 Å². The lowest BCUT2D eigenvalue weighted by Crippen LogP contribution is -2.24. The van der Waals surface area contributed by atoms with Gasteiger partial charge in [0, 0.05) is 6.20 Å². The summed E-state index contributed by atoms with van der Waals surface area (Å²) < 4.78 is 4.96. The molecule has 0 radical (unpaired) electrons. The van der Waals surface area contributed by atoms with Gasteiger partial charge in [-0.1, -0.05) is 42.0 Å². The van der Waals surface area contributed by atoms with Gasteiger partial charge in [-0.2, -0.15) is 5.26 Å². The van der Waals surface area contributed by atoms with Gasteiger partial charge in [-0.3, -0.25) is 4.79 Å². The van der Waals surface area contributed by atoms with Crippen LogP contribution in [-0.2, 0) is 9.53 Å². The van der Waals surface area contributed by atoms with E-state index in [1.165, 1.54) is 7.11 Å². The van der Waals surface area contributed by atoms with E-state index in [1.54, 1.807) is 6.20 Å². The maximum absolute atomic E-state index is 12.7. The first-order valence-electron chi connectivity index (χ1n) is 11.5. The fourth-order valence-electron chi connectivity index (χ4n) is 4.00. The number of benzene rings is 2. The smallest absolute Gasteiger partial charge is 0.338 e. The zero-order chi connectivity index (χ0) is 25.2. The molecule has 1 unspecified atom stereocenters. The van der Waals surface area contributed by atoms with Gasteiger partial charge in [0.05, 0.1) is 30.5 Å². The number of hydrogen-bond acceptors (Lipinski definition) is 6. The van der Waals surface area contributed by atoms with Gasteiger partial charge in [-0.05, 0) is 68.0 Å². The van der Waals surface area contributed by atoms with Gasteiger partial charge >= 0.3 is 5.97 Å². The minimum atomic E-state index is -0.917. The molecule has 35 heavy (non-hydrogen) atoms. The van der Waals surface area contributed by atoms with Gasteiger partial charge in [-0.15, -0.1) is 0 Å². The average Bonchev–Trinajstić information content (AvgIpc) is 3.67. The fourth-order valence-corrected chi connectivity index (χ4v) is 4.00. The highest BCUT2D eigenvalue weighted by atomic mass is 16.5. The molecule has 1 fully saturated rings. The molecule has 3 aromatic rings. The number of carbonyl (C=O) groups is 2.